The molecule has 5 N–H and O–H groups in total. The zero-order chi connectivity index (χ0) is 36.8. The second-order valence-electron chi connectivity index (χ2n) is 11.3. The second kappa shape index (κ2) is 15.7. The van der Waals surface area contributed by atoms with Crippen LogP contribution in [-0.4, -0.2) is 80.3 Å². The first-order valence-electron chi connectivity index (χ1n) is 15.8. The monoisotopic (exact) mass is 744 g/mol. The van der Waals surface area contributed by atoms with Gasteiger partial charge in [-0.3, -0.25) is 28.0 Å². The van der Waals surface area contributed by atoms with E-state index in [0.717, 1.165) is 0 Å². The maximum atomic E-state index is 13.2. The average Bonchev–Trinajstić information content (AvgIpc) is 3.93. The lowest BCUT2D eigenvalue weighted by Gasteiger charge is -2.17. The van der Waals surface area contributed by atoms with Crippen molar-refractivity contribution in [1.29, 1.82) is 0 Å². The molecule has 6 aromatic rings. The van der Waals surface area contributed by atoms with Gasteiger partial charge in [-0.05, 0) is 55.7 Å². The smallest absolute Gasteiger partial charge is 0.326 e. The summed E-state index contributed by atoms with van der Waals surface area (Å²) in [6, 6.07) is 7.88. The molecule has 4 heterocycles. The molecule has 0 aliphatic carbocycles. The van der Waals surface area contributed by atoms with Gasteiger partial charge >= 0.3 is 5.97 Å². The zero-order valence-corrected chi connectivity index (χ0v) is 29.4. The Labute approximate surface area is 303 Å². The molecule has 0 aliphatic rings. The molecule has 52 heavy (non-hydrogen) atoms. The van der Waals surface area contributed by atoms with Crippen molar-refractivity contribution in [3.05, 3.63) is 94.5 Å². The number of carboxylic acid groups (broad SMARTS) is 1. The standard InChI is InChI=1S/C34H32N8O8S2/c1-49-26-8-6-19(36-30(45)24-17-41-11-13-51-33(41)39-24)15-21(26)28(43)35-10-4-3-5-23(32(47)48)38-29(44)22-16-20(7-9-27(22)50-2)37-31(46)25-18-42-12-14-52-34(42)40-25/h6-9,11-18,23H,3-5,10H2,1-2H3,(H,35,43)(H,36,45)(H,37,46)(H,38,44)(H,47,48)/t23-/m0/s1. The molecule has 18 heteroatoms. The summed E-state index contributed by atoms with van der Waals surface area (Å²) in [6.07, 6.45) is 7.60. The highest BCUT2D eigenvalue weighted by Crippen LogP contribution is 2.25. The Hall–Kier alpha value is -6.27. The number of methoxy groups -OCH3 is 2. The molecule has 1 atom stereocenters. The molecule has 268 valence electrons. The van der Waals surface area contributed by atoms with Crippen LogP contribution in [-0.2, 0) is 4.79 Å². The van der Waals surface area contributed by atoms with Crippen molar-refractivity contribution in [2.24, 2.45) is 0 Å². The fourth-order valence-corrected chi connectivity index (χ4v) is 6.65. The molecule has 0 bridgehead atoms. The van der Waals surface area contributed by atoms with Crippen LogP contribution in [0.2, 0.25) is 0 Å². The van der Waals surface area contributed by atoms with E-state index in [9.17, 15) is 29.1 Å². The number of nitrogens with zero attached hydrogens (tertiary/aromatic N) is 4. The largest absolute Gasteiger partial charge is 0.496 e. The number of nitrogens with one attached hydrogen (secondary N) is 4. The number of unbranched alkanes of at least 4 members (excludes halogenated alkanes) is 1. The molecule has 0 saturated heterocycles. The molecule has 16 nitrogen and oxygen atoms in total. The minimum atomic E-state index is -1.24. The van der Waals surface area contributed by atoms with Gasteiger partial charge in [-0.1, -0.05) is 0 Å². The molecule has 0 saturated carbocycles. The van der Waals surface area contributed by atoms with Crippen molar-refractivity contribution in [3.8, 4) is 11.5 Å². The fraction of sp³-hybridized carbons (Fsp3) is 0.206. The number of anilines is 2. The second-order valence-corrected chi connectivity index (χ2v) is 13.0. The van der Waals surface area contributed by atoms with E-state index in [1.54, 1.807) is 51.8 Å². The van der Waals surface area contributed by atoms with E-state index < -0.39 is 35.6 Å². The maximum absolute atomic E-state index is 13.2. The van der Waals surface area contributed by atoms with Crippen molar-refractivity contribution in [2.45, 2.75) is 25.3 Å². The topological polar surface area (TPSA) is 207 Å². The number of benzene rings is 2. The van der Waals surface area contributed by atoms with Crippen LogP contribution in [0, 0.1) is 0 Å². The number of carboxylic acids is 1. The Morgan fingerprint density at radius 3 is 1.75 bits per heavy atom. The molecule has 0 aliphatic heterocycles. The minimum absolute atomic E-state index is 0.0294. The van der Waals surface area contributed by atoms with Crippen LogP contribution < -0.4 is 30.7 Å². The number of aliphatic carboxylic acids is 1. The van der Waals surface area contributed by atoms with Crippen molar-refractivity contribution in [2.75, 3.05) is 31.4 Å². The molecule has 4 amide bonds. The maximum Gasteiger partial charge on any atom is 0.326 e. The van der Waals surface area contributed by atoms with Gasteiger partial charge in [-0.25, -0.2) is 14.8 Å². The fourth-order valence-electron chi connectivity index (χ4n) is 5.25. The van der Waals surface area contributed by atoms with Crippen LogP contribution >= 0.6 is 22.7 Å². The van der Waals surface area contributed by atoms with Crippen LogP contribution in [0.3, 0.4) is 0 Å². The normalized spacial score (nSPS) is 11.6. The number of imidazole rings is 2. The zero-order valence-electron chi connectivity index (χ0n) is 27.7. The third-order valence-electron chi connectivity index (χ3n) is 7.86. The van der Waals surface area contributed by atoms with Crippen molar-refractivity contribution in [1.82, 2.24) is 29.4 Å². The summed E-state index contributed by atoms with van der Waals surface area (Å²) >= 11 is 2.78. The molecule has 0 spiro atoms. The number of rotatable bonds is 15. The van der Waals surface area contributed by atoms with Crippen molar-refractivity contribution >= 4 is 73.6 Å². The lowest BCUT2D eigenvalue weighted by atomic mass is 10.1. The number of hydrogen-bond donors (Lipinski definition) is 5. The van der Waals surface area contributed by atoms with Crippen molar-refractivity contribution < 1.29 is 38.6 Å². The number of ether oxygens (including phenoxy) is 2. The summed E-state index contributed by atoms with van der Waals surface area (Å²) in [4.78, 5) is 73.8. The quantitative estimate of drug-likeness (QED) is 0.0937. The lowest BCUT2D eigenvalue weighted by Crippen LogP contribution is -2.41. The predicted molar refractivity (Wildman–Crippen MR) is 193 cm³/mol. The van der Waals surface area contributed by atoms with E-state index in [4.69, 9.17) is 9.47 Å². The number of amides is 4. The van der Waals surface area contributed by atoms with Gasteiger partial charge in [-0.2, -0.15) is 0 Å². The predicted octanol–water partition coefficient (Wildman–Crippen LogP) is 4.41. The summed E-state index contributed by atoms with van der Waals surface area (Å²) in [7, 11) is 2.80. The number of aromatic nitrogens is 4. The summed E-state index contributed by atoms with van der Waals surface area (Å²) in [5, 5.41) is 24.3. The van der Waals surface area contributed by atoms with Crippen LogP contribution in [0.25, 0.3) is 9.92 Å². The first-order chi connectivity index (χ1) is 25.1. The number of thiazole rings is 2. The van der Waals surface area contributed by atoms with Gasteiger partial charge in [0.1, 0.15) is 28.9 Å². The van der Waals surface area contributed by atoms with E-state index in [0.29, 0.717) is 34.2 Å². The Bertz CT molecular complexity index is 2230. The van der Waals surface area contributed by atoms with Gasteiger partial charge in [0, 0.05) is 53.5 Å². The Morgan fingerprint density at radius 2 is 1.27 bits per heavy atom. The van der Waals surface area contributed by atoms with Crippen molar-refractivity contribution in [3.63, 3.8) is 0 Å². The number of fused-ring (bicyclic) bond motifs is 2. The molecule has 4 aromatic heterocycles. The summed E-state index contributed by atoms with van der Waals surface area (Å²) in [5.41, 5.74) is 1.30. The van der Waals surface area contributed by atoms with Gasteiger partial charge in [0.2, 0.25) is 0 Å². The van der Waals surface area contributed by atoms with Gasteiger partial charge in [0.05, 0.1) is 25.3 Å². The van der Waals surface area contributed by atoms with Crippen LogP contribution in [0.5, 0.6) is 11.5 Å². The van der Waals surface area contributed by atoms with Gasteiger partial charge in [0.25, 0.3) is 23.6 Å². The molecule has 0 unspecified atom stereocenters. The van der Waals surface area contributed by atoms with Crippen LogP contribution in [0.15, 0.2) is 71.9 Å². The van der Waals surface area contributed by atoms with E-state index in [2.05, 4.69) is 31.2 Å². The van der Waals surface area contributed by atoms with E-state index in [-0.39, 0.29) is 46.9 Å². The average molecular weight is 745 g/mol. The van der Waals surface area contributed by atoms with E-state index in [1.807, 2.05) is 10.8 Å². The summed E-state index contributed by atoms with van der Waals surface area (Å²) in [5.74, 6) is -2.83. The number of hydrogen-bond acceptors (Lipinski definition) is 11. The van der Waals surface area contributed by atoms with Gasteiger partial charge in [-0.15, -0.1) is 22.7 Å². The highest BCUT2D eigenvalue weighted by Gasteiger charge is 2.24. The SMILES string of the molecule is COc1ccc(NC(=O)c2cn3ccsc3n2)cc1C(=O)NCCCC[C@H](NC(=O)c1cc(NC(=O)c2cn3ccsc3n2)ccc1OC)C(=O)O. The Morgan fingerprint density at radius 1 is 0.750 bits per heavy atom. The molecular weight excluding hydrogens is 713 g/mol. The Kier molecular flexibility index (Phi) is 10.8. The van der Waals surface area contributed by atoms with Gasteiger partial charge < -0.3 is 35.8 Å². The first kappa shape index (κ1) is 35.6. The number of carbonyl (C=O) groups excluding carboxylic acids is 4. The lowest BCUT2D eigenvalue weighted by molar-refractivity contribution is -0.139. The van der Waals surface area contributed by atoms with Crippen LogP contribution in [0.1, 0.15) is 61.0 Å². The molecule has 0 radical (unpaired) electrons. The van der Waals surface area contributed by atoms with E-state index in [1.165, 1.54) is 55.1 Å². The molecule has 0 fully saturated rings. The first-order valence-corrected chi connectivity index (χ1v) is 17.5. The third-order valence-corrected chi connectivity index (χ3v) is 9.41. The van der Waals surface area contributed by atoms with Crippen LogP contribution in [0.4, 0.5) is 11.4 Å². The molecule has 2 aromatic carbocycles. The Balaban J connectivity index is 1.01. The number of carbonyl (C=O) groups is 5. The highest BCUT2D eigenvalue weighted by molar-refractivity contribution is 7.15. The summed E-state index contributed by atoms with van der Waals surface area (Å²) < 4.78 is 14.1. The third kappa shape index (κ3) is 8.03. The molecule has 6 rings (SSSR count). The van der Waals surface area contributed by atoms with E-state index >= 15 is 0 Å². The summed E-state index contributed by atoms with van der Waals surface area (Å²) in [6.45, 7) is 0.203. The highest BCUT2D eigenvalue weighted by atomic mass is 32.1. The molecular formula is C34H32N8O8S2. The minimum Gasteiger partial charge on any atom is -0.496 e. The van der Waals surface area contributed by atoms with Gasteiger partial charge in [0.15, 0.2) is 9.92 Å².